The van der Waals surface area contributed by atoms with Crippen molar-refractivity contribution in [3.05, 3.63) is 0 Å². The van der Waals surface area contributed by atoms with Crippen LogP contribution in [0, 0.1) is 11.8 Å². The largest absolute Gasteiger partial charge is 0.316 e. The Labute approximate surface area is 95.4 Å². The molecule has 2 nitrogen and oxygen atoms in total. The summed E-state index contributed by atoms with van der Waals surface area (Å²) in [7, 11) is 0. The van der Waals surface area contributed by atoms with E-state index in [1.807, 2.05) is 0 Å². The van der Waals surface area contributed by atoms with Gasteiger partial charge >= 0.3 is 0 Å². The van der Waals surface area contributed by atoms with Crippen molar-refractivity contribution in [2.45, 2.75) is 46.6 Å². The average molecular weight is 212 g/mol. The summed E-state index contributed by atoms with van der Waals surface area (Å²) in [5.41, 5.74) is 0. The molecule has 0 bridgehead atoms. The molecule has 90 valence electrons. The van der Waals surface area contributed by atoms with E-state index < -0.39 is 0 Å². The van der Waals surface area contributed by atoms with Gasteiger partial charge in [-0.05, 0) is 51.2 Å². The summed E-state index contributed by atoms with van der Waals surface area (Å²) < 4.78 is 0. The predicted molar refractivity (Wildman–Crippen MR) is 67.1 cm³/mol. The van der Waals surface area contributed by atoms with E-state index >= 15 is 0 Å². The molecule has 2 atom stereocenters. The molecule has 0 aromatic carbocycles. The van der Waals surface area contributed by atoms with E-state index in [0.29, 0.717) is 0 Å². The zero-order valence-electron chi connectivity index (χ0n) is 10.9. The maximum absolute atomic E-state index is 3.51. The minimum atomic E-state index is 0.755. The molecule has 1 aliphatic heterocycles. The van der Waals surface area contributed by atoms with E-state index in [0.717, 1.165) is 17.9 Å². The zero-order chi connectivity index (χ0) is 11.3. The Morgan fingerprint density at radius 2 is 2.07 bits per heavy atom. The van der Waals surface area contributed by atoms with Crippen molar-refractivity contribution in [3.63, 3.8) is 0 Å². The monoisotopic (exact) mass is 212 g/mol. The summed E-state index contributed by atoms with van der Waals surface area (Å²) >= 11 is 0. The predicted octanol–water partition coefficient (Wildman–Crippen LogP) is 2.35. The van der Waals surface area contributed by atoms with Gasteiger partial charge in [0.15, 0.2) is 0 Å². The fourth-order valence-corrected chi connectivity index (χ4v) is 2.54. The smallest absolute Gasteiger partial charge is 0.00694 e. The molecule has 2 heteroatoms. The molecule has 1 N–H and O–H groups in total. The van der Waals surface area contributed by atoms with Gasteiger partial charge in [-0.3, -0.25) is 0 Å². The summed E-state index contributed by atoms with van der Waals surface area (Å²) in [4.78, 5) is 2.69. The summed E-state index contributed by atoms with van der Waals surface area (Å²) in [5.74, 6) is 1.61. The second kappa shape index (κ2) is 6.49. The third-order valence-corrected chi connectivity index (χ3v) is 3.27. The lowest BCUT2D eigenvalue weighted by Gasteiger charge is -2.34. The first-order valence-corrected chi connectivity index (χ1v) is 6.54. The summed E-state index contributed by atoms with van der Waals surface area (Å²) in [6.07, 6.45) is 2.63. The fraction of sp³-hybridized carbons (Fsp3) is 1.00. The van der Waals surface area contributed by atoms with Gasteiger partial charge in [0.25, 0.3) is 0 Å². The molecule has 0 aliphatic carbocycles. The van der Waals surface area contributed by atoms with Crippen molar-refractivity contribution in [2.24, 2.45) is 11.8 Å². The number of nitrogens with one attached hydrogen (secondary N) is 1. The van der Waals surface area contributed by atoms with Gasteiger partial charge in [0.1, 0.15) is 0 Å². The van der Waals surface area contributed by atoms with E-state index in [4.69, 9.17) is 0 Å². The molecule has 0 aromatic heterocycles. The normalized spacial score (nSPS) is 27.4. The molecule has 15 heavy (non-hydrogen) atoms. The standard InChI is InChI=1S/C13H28N2/c1-11(2)8-13(4)15-7-5-6-14-9-12(3)10-15/h11-14H,5-10H2,1-4H3. The van der Waals surface area contributed by atoms with Crippen LogP contribution in [0.2, 0.25) is 0 Å². The first-order valence-electron chi connectivity index (χ1n) is 6.54. The highest BCUT2D eigenvalue weighted by molar-refractivity contribution is 4.74. The first kappa shape index (κ1) is 13.0. The lowest BCUT2D eigenvalue weighted by atomic mass is 10.0. The van der Waals surface area contributed by atoms with Crippen molar-refractivity contribution in [1.29, 1.82) is 0 Å². The van der Waals surface area contributed by atoms with Crippen LogP contribution in [-0.4, -0.2) is 37.1 Å². The molecule has 1 fully saturated rings. The van der Waals surface area contributed by atoms with Crippen LogP contribution in [0.5, 0.6) is 0 Å². The number of nitrogens with zero attached hydrogens (tertiary/aromatic N) is 1. The summed E-state index contributed by atoms with van der Waals surface area (Å²) in [6, 6.07) is 0.755. The average Bonchev–Trinajstić information content (AvgIpc) is 2.09. The molecule has 1 heterocycles. The van der Waals surface area contributed by atoms with Gasteiger partial charge in [-0.1, -0.05) is 20.8 Å². The Bertz CT molecular complexity index is 168. The second-order valence-corrected chi connectivity index (χ2v) is 5.64. The Morgan fingerprint density at radius 3 is 2.73 bits per heavy atom. The molecular weight excluding hydrogens is 184 g/mol. The van der Waals surface area contributed by atoms with Gasteiger partial charge in [-0.25, -0.2) is 0 Å². The quantitative estimate of drug-likeness (QED) is 0.772. The fourth-order valence-electron chi connectivity index (χ4n) is 2.54. The van der Waals surface area contributed by atoms with Gasteiger partial charge in [0.05, 0.1) is 0 Å². The minimum Gasteiger partial charge on any atom is -0.316 e. The maximum Gasteiger partial charge on any atom is 0.00694 e. The maximum atomic E-state index is 3.51. The van der Waals surface area contributed by atoms with Crippen LogP contribution in [0.15, 0.2) is 0 Å². The van der Waals surface area contributed by atoms with E-state index in [1.54, 1.807) is 0 Å². The topological polar surface area (TPSA) is 15.3 Å². The molecule has 1 saturated heterocycles. The van der Waals surface area contributed by atoms with E-state index in [2.05, 4.69) is 37.9 Å². The Morgan fingerprint density at radius 1 is 1.33 bits per heavy atom. The number of hydrogen-bond donors (Lipinski definition) is 1. The van der Waals surface area contributed by atoms with Crippen molar-refractivity contribution in [3.8, 4) is 0 Å². The lowest BCUT2D eigenvalue weighted by molar-refractivity contribution is 0.150. The molecule has 0 radical (unpaired) electrons. The van der Waals surface area contributed by atoms with Crippen LogP contribution in [-0.2, 0) is 0 Å². The molecule has 0 aromatic rings. The van der Waals surface area contributed by atoms with Crippen LogP contribution >= 0.6 is 0 Å². The van der Waals surface area contributed by atoms with Gasteiger partial charge in [0, 0.05) is 12.6 Å². The Balaban J connectivity index is 2.41. The zero-order valence-corrected chi connectivity index (χ0v) is 10.9. The van der Waals surface area contributed by atoms with E-state index in [1.165, 1.54) is 39.0 Å². The Kier molecular flexibility index (Phi) is 5.62. The SMILES string of the molecule is CC(C)CC(C)N1CCCNCC(C)C1. The molecule has 2 unspecified atom stereocenters. The van der Waals surface area contributed by atoms with Crippen molar-refractivity contribution in [2.75, 3.05) is 26.2 Å². The van der Waals surface area contributed by atoms with Crippen molar-refractivity contribution >= 4 is 0 Å². The first-order chi connectivity index (χ1) is 7.09. The number of rotatable bonds is 3. The molecule has 1 rings (SSSR count). The summed E-state index contributed by atoms with van der Waals surface area (Å²) in [5, 5.41) is 3.51. The summed E-state index contributed by atoms with van der Waals surface area (Å²) in [6.45, 7) is 14.3. The Hall–Kier alpha value is -0.0800. The van der Waals surface area contributed by atoms with Gasteiger partial charge in [-0.2, -0.15) is 0 Å². The molecular formula is C13H28N2. The van der Waals surface area contributed by atoms with Crippen molar-refractivity contribution in [1.82, 2.24) is 10.2 Å². The highest BCUT2D eigenvalue weighted by Crippen LogP contribution is 2.14. The van der Waals surface area contributed by atoms with Crippen LogP contribution in [0.25, 0.3) is 0 Å². The molecule has 0 saturated carbocycles. The third-order valence-electron chi connectivity index (χ3n) is 3.27. The molecule has 0 spiro atoms. The second-order valence-electron chi connectivity index (χ2n) is 5.64. The van der Waals surface area contributed by atoms with Gasteiger partial charge in [-0.15, -0.1) is 0 Å². The highest BCUT2D eigenvalue weighted by atomic mass is 15.2. The molecule has 1 aliphatic rings. The van der Waals surface area contributed by atoms with Crippen molar-refractivity contribution < 1.29 is 0 Å². The number of hydrogen-bond acceptors (Lipinski definition) is 2. The van der Waals surface area contributed by atoms with Crippen LogP contribution in [0.1, 0.15) is 40.5 Å². The third kappa shape index (κ3) is 4.98. The minimum absolute atomic E-state index is 0.755. The molecule has 0 amide bonds. The van der Waals surface area contributed by atoms with E-state index in [9.17, 15) is 0 Å². The van der Waals surface area contributed by atoms with Gasteiger partial charge < -0.3 is 10.2 Å². The lowest BCUT2D eigenvalue weighted by Crippen LogP contribution is -2.43. The van der Waals surface area contributed by atoms with Crippen LogP contribution in [0.3, 0.4) is 0 Å². The van der Waals surface area contributed by atoms with Gasteiger partial charge in [0.2, 0.25) is 0 Å². The van der Waals surface area contributed by atoms with E-state index in [-0.39, 0.29) is 0 Å². The van der Waals surface area contributed by atoms with Crippen LogP contribution < -0.4 is 5.32 Å². The van der Waals surface area contributed by atoms with Crippen LogP contribution in [0.4, 0.5) is 0 Å². The highest BCUT2D eigenvalue weighted by Gasteiger charge is 2.18.